The second kappa shape index (κ2) is 9.38. The molecule has 0 aromatic heterocycles. The summed E-state index contributed by atoms with van der Waals surface area (Å²) in [4.78, 5) is 0. The molecule has 5 aromatic carbocycles. The van der Waals surface area contributed by atoms with E-state index in [4.69, 9.17) is 0 Å². The van der Waals surface area contributed by atoms with Crippen molar-refractivity contribution in [3.05, 3.63) is 184 Å². The predicted molar refractivity (Wildman–Crippen MR) is 189 cm³/mol. The number of rotatable bonds is 6. The van der Waals surface area contributed by atoms with E-state index in [-0.39, 0.29) is 28.4 Å². The van der Waals surface area contributed by atoms with E-state index in [1.165, 1.54) is 29.8 Å². The van der Waals surface area contributed by atoms with Gasteiger partial charge in [-0.2, -0.15) is 0 Å². The Balaban J connectivity index is 0.00000192. The van der Waals surface area contributed by atoms with Crippen LogP contribution in [0.2, 0.25) is 0 Å². The topological polar surface area (TPSA) is 0 Å². The molecule has 0 nitrogen and oxygen atoms in total. The van der Waals surface area contributed by atoms with Crippen molar-refractivity contribution in [2.24, 2.45) is 0 Å². The maximum Gasteiger partial charge on any atom is -1.00 e. The first kappa shape index (κ1) is 32.6. The Morgan fingerprint density at radius 3 is 1.32 bits per heavy atom. The molecule has 0 fully saturated rings. The van der Waals surface area contributed by atoms with Crippen LogP contribution in [0.25, 0.3) is 6.08 Å². The van der Waals surface area contributed by atoms with Crippen LogP contribution in [0.3, 0.4) is 0 Å². The zero-order valence-corrected chi connectivity index (χ0v) is 33.7. The third-order valence-corrected chi connectivity index (χ3v) is 102. The maximum absolute atomic E-state index is 6.79. The van der Waals surface area contributed by atoms with E-state index < -0.39 is 12.7 Å². The van der Waals surface area contributed by atoms with Gasteiger partial charge in [0, 0.05) is 0 Å². The van der Waals surface area contributed by atoms with Crippen LogP contribution in [-0.4, -0.2) is 14.7 Å². The van der Waals surface area contributed by atoms with Crippen LogP contribution in [0.4, 0.5) is 0 Å². The summed E-state index contributed by atoms with van der Waals surface area (Å²) in [5, 5.41) is 0. The van der Waals surface area contributed by atoms with Gasteiger partial charge in [-0.1, -0.05) is 0 Å². The molecule has 0 saturated heterocycles. The number of hydrogen-bond donors (Lipinski definition) is 0. The molecular formula is C39H40Cl2Si2Zr. The van der Waals surface area contributed by atoms with E-state index in [0.29, 0.717) is 0 Å². The average molecular weight is 727 g/mol. The zero-order valence-electron chi connectivity index (χ0n) is 25.7. The fraction of sp³-hybridized carbons (Fsp3) is 0.0769. The van der Waals surface area contributed by atoms with Gasteiger partial charge in [0.1, 0.15) is 0 Å². The van der Waals surface area contributed by atoms with Crippen molar-refractivity contribution < 1.29 is 37.5 Å². The van der Waals surface area contributed by atoms with Gasteiger partial charge in [0.15, 0.2) is 0 Å². The molecule has 5 heteroatoms. The van der Waals surface area contributed by atoms with Crippen LogP contribution >= 0.6 is 0 Å². The van der Waals surface area contributed by atoms with E-state index in [0.717, 1.165) is 21.2 Å². The van der Waals surface area contributed by atoms with Gasteiger partial charge in [-0.05, 0) is 0 Å². The van der Waals surface area contributed by atoms with Crippen LogP contribution < -0.4 is 37.9 Å². The molecule has 0 saturated carbocycles. The number of fused-ring (bicyclic) bond motifs is 1. The van der Waals surface area contributed by atoms with E-state index in [2.05, 4.69) is 177 Å². The third kappa shape index (κ3) is 2.83. The number of halogens is 2. The smallest absolute Gasteiger partial charge is 1.00 e. The SMILES string of the molecule is CC1=CC[C]([Zr+2]([SiH3])([SiH3])([c]2ccccc2)([c]2ccccc2)([c]2ccccc2)([c]2ccccc2)[CH]2C=Cc3ccccc32)=C1.[Cl-].[Cl-]. The van der Waals surface area contributed by atoms with Crippen molar-refractivity contribution in [2.45, 2.75) is 17.0 Å². The van der Waals surface area contributed by atoms with Gasteiger partial charge in [0.25, 0.3) is 0 Å². The summed E-state index contributed by atoms with van der Waals surface area (Å²) < 4.78 is 7.84. The molecule has 0 N–H and O–H groups in total. The average Bonchev–Trinajstić information content (AvgIpc) is 3.72. The molecule has 0 spiro atoms. The molecule has 2 aliphatic carbocycles. The quantitative estimate of drug-likeness (QED) is 0.201. The standard InChI is InChI=1S/C9H7.C6H7.4C6H5.2ClH.2H3Si.Zr/c1-2-5-9-7-3-6-8(9)4-1;1-6-4-2-3-5-6;4*1-2-4-6-5-3-1;;;;;/h1-7H;4-5H,2H2,1H3;4*1-5H;2*1H;2*1H3;/q;;;;;;;;;;+2/p-2. The van der Waals surface area contributed by atoms with Crippen molar-refractivity contribution in [1.82, 2.24) is 0 Å². The van der Waals surface area contributed by atoms with Gasteiger partial charge in [-0.3, -0.25) is 0 Å². The van der Waals surface area contributed by atoms with Crippen LogP contribution in [-0.2, 0) is 12.7 Å². The molecule has 0 radical (unpaired) electrons. The molecule has 5 aromatic rings. The summed E-state index contributed by atoms with van der Waals surface area (Å²) in [5.41, 5.74) is 4.18. The van der Waals surface area contributed by atoms with Crippen molar-refractivity contribution in [1.29, 1.82) is 0 Å². The van der Waals surface area contributed by atoms with Crippen LogP contribution in [0.1, 0.15) is 28.1 Å². The predicted octanol–water partition coefficient (Wildman–Crippen LogP) is -0.844. The largest absolute Gasteiger partial charge is 1.00 e. The summed E-state index contributed by atoms with van der Waals surface area (Å²) >= 11 is -6.79. The molecule has 0 amide bonds. The first-order chi connectivity index (χ1) is 20.2. The number of hydrogen-bond acceptors (Lipinski definition) is 0. The first-order valence-electron chi connectivity index (χ1n) is 15.4. The molecule has 1 unspecified atom stereocenters. The van der Waals surface area contributed by atoms with Gasteiger partial charge in [-0.15, -0.1) is 0 Å². The summed E-state index contributed by atoms with van der Waals surface area (Å²) in [6.45, 7) is 2.31. The molecule has 0 bridgehead atoms. The molecule has 7 rings (SSSR count). The second-order valence-electron chi connectivity index (χ2n) is 15.3. The maximum atomic E-state index is 2.64. The first-order valence-corrected chi connectivity index (χ1v) is 39.7. The van der Waals surface area contributed by atoms with Crippen LogP contribution in [0.15, 0.2) is 173 Å². The molecule has 2 aliphatic rings. The molecular weight excluding hydrogens is 687 g/mol. The van der Waals surface area contributed by atoms with E-state index >= 15 is 0 Å². The summed E-state index contributed by atoms with van der Waals surface area (Å²) in [7, 11) is 1.79. The van der Waals surface area contributed by atoms with E-state index in [1.54, 1.807) is 3.28 Å². The van der Waals surface area contributed by atoms with Gasteiger partial charge >= 0.3 is 247 Å². The van der Waals surface area contributed by atoms with Gasteiger partial charge in [0.05, 0.1) is 0 Å². The Kier molecular flexibility index (Phi) is 6.95. The number of allylic oxidation sites excluding steroid dienone is 5. The van der Waals surface area contributed by atoms with E-state index in [1.807, 2.05) is 0 Å². The Labute approximate surface area is 269 Å². The minimum atomic E-state index is -6.79. The fourth-order valence-electron chi connectivity index (χ4n) is 11.3. The van der Waals surface area contributed by atoms with Crippen molar-refractivity contribution in [3.63, 3.8) is 0 Å². The second-order valence-corrected chi connectivity index (χ2v) is 111. The van der Waals surface area contributed by atoms with Crippen molar-refractivity contribution >= 4 is 33.9 Å². The van der Waals surface area contributed by atoms with Gasteiger partial charge in [-0.25, -0.2) is 0 Å². The fourth-order valence-corrected chi connectivity index (χ4v) is 78.3. The summed E-state index contributed by atoms with van der Waals surface area (Å²) in [5.74, 6) is 0. The zero-order chi connectivity index (χ0) is 29.1. The van der Waals surface area contributed by atoms with Crippen molar-refractivity contribution in [2.75, 3.05) is 0 Å². The normalized spacial score (nSPS) is 19.1. The van der Waals surface area contributed by atoms with Crippen LogP contribution in [0, 0.1) is 0 Å². The molecule has 1 atom stereocenters. The monoisotopic (exact) mass is 724 g/mol. The molecule has 44 heavy (non-hydrogen) atoms. The Hall–Kier alpha value is -2.78. The summed E-state index contributed by atoms with van der Waals surface area (Å²) in [6, 6.07) is 56.8. The third-order valence-electron chi connectivity index (χ3n) is 14.1. The Morgan fingerprint density at radius 1 is 0.545 bits per heavy atom. The van der Waals surface area contributed by atoms with Gasteiger partial charge < -0.3 is 24.8 Å². The molecule has 0 heterocycles. The van der Waals surface area contributed by atoms with E-state index in [9.17, 15) is 0 Å². The molecule has 222 valence electrons. The summed E-state index contributed by atoms with van der Waals surface area (Å²) in [6.07, 6.45) is 11.2. The van der Waals surface area contributed by atoms with Crippen molar-refractivity contribution in [3.8, 4) is 0 Å². The Bertz CT molecular complexity index is 1840. The number of benzene rings is 5. The Morgan fingerprint density at radius 2 is 0.932 bits per heavy atom. The van der Waals surface area contributed by atoms with Crippen LogP contribution in [0.5, 0.6) is 0 Å². The minimum Gasteiger partial charge on any atom is -1.00 e. The molecule has 0 aliphatic heterocycles. The van der Waals surface area contributed by atoms with Gasteiger partial charge in [0.2, 0.25) is 0 Å². The minimum absolute atomic E-state index is 0.